The highest BCUT2D eigenvalue weighted by atomic mass is 16.5. The smallest absolute Gasteiger partial charge is 0.280 e. The Labute approximate surface area is 122 Å². The number of rotatable bonds is 5. The van der Waals surface area contributed by atoms with Gasteiger partial charge in [0.25, 0.3) is 5.89 Å². The molecule has 3 rings (SSSR count). The molecule has 0 saturated carbocycles. The van der Waals surface area contributed by atoms with Crippen LogP contribution in [0.3, 0.4) is 0 Å². The Morgan fingerprint density at radius 1 is 1.29 bits per heavy atom. The molecular weight excluding hydrogens is 268 g/mol. The minimum Gasteiger partial charge on any atom is -0.332 e. The summed E-state index contributed by atoms with van der Waals surface area (Å²) in [5.74, 6) is 1.04. The molecule has 0 bridgehead atoms. The fourth-order valence-electron chi connectivity index (χ4n) is 1.89. The number of likely N-dealkylation sites (N-methyl/N-ethyl adjacent to an activating group) is 1. The first-order valence-electron chi connectivity index (χ1n) is 6.74. The molecule has 1 atom stereocenters. The van der Waals surface area contributed by atoms with Crippen molar-refractivity contribution in [2.45, 2.75) is 19.4 Å². The van der Waals surface area contributed by atoms with E-state index in [1.807, 2.05) is 37.4 Å². The van der Waals surface area contributed by atoms with Crippen molar-refractivity contribution in [3.63, 3.8) is 0 Å². The fourth-order valence-corrected chi connectivity index (χ4v) is 1.89. The summed E-state index contributed by atoms with van der Waals surface area (Å²) >= 11 is 0. The summed E-state index contributed by atoms with van der Waals surface area (Å²) in [4.78, 5) is 4.34. The molecule has 0 aliphatic heterocycles. The van der Waals surface area contributed by atoms with Crippen molar-refractivity contribution in [2.24, 2.45) is 0 Å². The molecule has 2 aromatic heterocycles. The van der Waals surface area contributed by atoms with Crippen LogP contribution in [-0.2, 0) is 6.42 Å². The van der Waals surface area contributed by atoms with Crippen molar-refractivity contribution in [3.8, 4) is 17.3 Å². The van der Waals surface area contributed by atoms with Gasteiger partial charge >= 0.3 is 0 Å². The van der Waals surface area contributed by atoms with Crippen LogP contribution < -0.4 is 5.32 Å². The van der Waals surface area contributed by atoms with E-state index >= 15 is 0 Å². The van der Waals surface area contributed by atoms with E-state index < -0.39 is 0 Å². The molecule has 0 spiro atoms. The summed E-state index contributed by atoms with van der Waals surface area (Å²) < 4.78 is 6.92. The lowest BCUT2D eigenvalue weighted by atomic mass is 10.2. The van der Waals surface area contributed by atoms with Gasteiger partial charge < -0.3 is 9.84 Å². The molecule has 0 aliphatic carbocycles. The molecule has 1 N–H and O–H groups in total. The topological polar surface area (TPSA) is 81.7 Å². The number of para-hydroxylation sites is 1. The maximum Gasteiger partial charge on any atom is 0.280 e. The van der Waals surface area contributed by atoms with Gasteiger partial charge in [-0.05, 0) is 26.1 Å². The maximum atomic E-state index is 5.24. The molecule has 0 fully saturated rings. The minimum absolute atomic E-state index is 0.287. The second kappa shape index (κ2) is 5.84. The van der Waals surface area contributed by atoms with Gasteiger partial charge in [0, 0.05) is 12.5 Å². The molecule has 0 amide bonds. The van der Waals surface area contributed by atoms with Gasteiger partial charge in [-0.2, -0.15) is 4.98 Å². The lowest BCUT2D eigenvalue weighted by molar-refractivity contribution is 0.417. The van der Waals surface area contributed by atoms with Gasteiger partial charge in [-0.1, -0.05) is 28.6 Å². The number of nitrogens with zero attached hydrogens (tertiary/aromatic N) is 5. The van der Waals surface area contributed by atoms with Crippen LogP contribution in [0.25, 0.3) is 17.3 Å². The predicted molar refractivity (Wildman–Crippen MR) is 76.9 cm³/mol. The Morgan fingerprint density at radius 3 is 2.86 bits per heavy atom. The zero-order valence-corrected chi connectivity index (χ0v) is 11.9. The Balaban J connectivity index is 1.80. The fraction of sp³-hybridized carbons (Fsp3) is 0.286. The molecule has 0 radical (unpaired) electrons. The lowest BCUT2D eigenvalue weighted by Gasteiger charge is -2.04. The van der Waals surface area contributed by atoms with Crippen LogP contribution in [-0.4, -0.2) is 38.2 Å². The molecule has 3 aromatic rings. The molecule has 7 nitrogen and oxygen atoms in total. The first-order chi connectivity index (χ1) is 10.3. The van der Waals surface area contributed by atoms with E-state index in [-0.39, 0.29) is 6.04 Å². The summed E-state index contributed by atoms with van der Waals surface area (Å²) in [6.07, 6.45) is 2.47. The second-order valence-corrected chi connectivity index (χ2v) is 4.79. The number of benzene rings is 1. The van der Waals surface area contributed by atoms with E-state index in [2.05, 4.69) is 32.7 Å². The van der Waals surface area contributed by atoms with Crippen LogP contribution in [0.2, 0.25) is 0 Å². The molecular formula is C14H16N6O. The highest BCUT2D eigenvalue weighted by Crippen LogP contribution is 2.16. The van der Waals surface area contributed by atoms with E-state index in [0.717, 1.165) is 5.69 Å². The molecule has 2 heterocycles. The van der Waals surface area contributed by atoms with Gasteiger partial charge in [0.2, 0.25) is 0 Å². The van der Waals surface area contributed by atoms with Gasteiger partial charge in [0.1, 0.15) is 0 Å². The number of hydrogen-bond acceptors (Lipinski definition) is 6. The third kappa shape index (κ3) is 2.97. The zero-order valence-electron chi connectivity index (χ0n) is 11.9. The van der Waals surface area contributed by atoms with Gasteiger partial charge in [-0.25, -0.2) is 4.68 Å². The number of aromatic nitrogens is 5. The third-order valence-corrected chi connectivity index (χ3v) is 3.18. The average Bonchev–Trinajstić information content (AvgIpc) is 3.17. The predicted octanol–water partition coefficient (Wildman–Crippen LogP) is 1.47. The molecule has 1 unspecified atom stereocenters. The summed E-state index contributed by atoms with van der Waals surface area (Å²) in [6, 6.07) is 10.0. The van der Waals surface area contributed by atoms with Crippen LogP contribution in [0.1, 0.15) is 12.7 Å². The summed E-state index contributed by atoms with van der Waals surface area (Å²) in [5, 5.41) is 15.2. The quantitative estimate of drug-likeness (QED) is 0.764. The third-order valence-electron chi connectivity index (χ3n) is 3.18. The van der Waals surface area contributed by atoms with E-state index in [1.165, 1.54) is 0 Å². The molecule has 7 heteroatoms. The monoisotopic (exact) mass is 284 g/mol. The van der Waals surface area contributed by atoms with E-state index in [0.29, 0.717) is 23.8 Å². The number of nitrogens with one attached hydrogen (secondary N) is 1. The van der Waals surface area contributed by atoms with Gasteiger partial charge in [0.05, 0.1) is 11.9 Å². The van der Waals surface area contributed by atoms with Crippen LogP contribution in [0.15, 0.2) is 41.1 Å². The van der Waals surface area contributed by atoms with Crippen molar-refractivity contribution < 1.29 is 4.52 Å². The van der Waals surface area contributed by atoms with Gasteiger partial charge in [-0.3, -0.25) is 0 Å². The molecule has 0 saturated heterocycles. The van der Waals surface area contributed by atoms with E-state index in [4.69, 9.17) is 4.52 Å². The Morgan fingerprint density at radius 2 is 2.10 bits per heavy atom. The molecule has 1 aromatic carbocycles. The van der Waals surface area contributed by atoms with Crippen molar-refractivity contribution >= 4 is 0 Å². The Hall–Kier alpha value is -2.54. The summed E-state index contributed by atoms with van der Waals surface area (Å²) in [7, 11) is 1.90. The Bertz CT molecular complexity index is 705. The normalized spacial score (nSPS) is 12.5. The molecule has 21 heavy (non-hydrogen) atoms. The minimum atomic E-state index is 0.287. The summed E-state index contributed by atoms with van der Waals surface area (Å²) in [6.45, 7) is 2.06. The van der Waals surface area contributed by atoms with Crippen LogP contribution in [0.4, 0.5) is 0 Å². The zero-order chi connectivity index (χ0) is 14.7. The number of hydrogen-bond donors (Lipinski definition) is 1. The molecule has 108 valence electrons. The second-order valence-electron chi connectivity index (χ2n) is 4.79. The van der Waals surface area contributed by atoms with E-state index in [1.54, 1.807) is 10.9 Å². The standard InChI is InChI=1S/C14H16N6O/c1-10(15-2)8-13-16-14(21-18-13)12-9-20(19-17-12)11-6-4-3-5-7-11/h3-7,9-10,15H,8H2,1-2H3. The van der Waals surface area contributed by atoms with Crippen molar-refractivity contribution in [3.05, 3.63) is 42.4 Å². The van der Waals surface area contributed by atoms with Crippen molar-refractivity contribution in [2.75, 3.05) is 7.05 Å². The molecule has 0 aliphatic rings. The first kappa shape index (κ1) is 13.4. The lowest BCUT2D eigenvalue weighted by Crippen LogP contribution is -2.24. The van der Waals surface area contributed by atoms with Crippen LogP contribution in [0.5, 0.6) is 0 Å². The highest BCUT2D eigenvalue weighted by molar-refractivity contribution is 5.45. The van der Waals surface area contributed by atoms with Crippen LogP contribution in [0, 0.1) is 0 Å². The largest absolute Gasteiger partial charge is 0.332 e. The van der Waals surface area contributed by atoms with Crippen LogP contribution >= 0.6 is 0 Å². The summed E-state index contributed by atoms with van der Waals surface area (Å²) in [5.41, 5.74) is 1.49. The highest BCUT2D eigenvalue weighted by Gasteiger charge is 2.14. The SMILES string of the molecule is CNC(C)Cc1noc(-c2cn(-c3ccccc3)nn2)n1. The van der Waals surface area contributed by atoms with Gasteiger partial charge in [0.15, 0.2) is 11.5 Å². The first-order valence-corrected chi connectivity index (χ1v) is 6.74. The van der Waals surface area contributed by atoms with Crippen molar-refractivity contribution in [1.29, 1.82) is 0 Å². The van der Waals surface area contributed by atoms with E-state index in [9.17, 15) is 0 Å². The average molecular weight is 284 g/mol. The van der Waals surface area contributed by atoms with Crippen molar-refractivity contribution in [1.82, 2.24) is 30.5 Å². The Kier molecular flexibility index (Phi) is 3.74. The van der Waals surface area contributed by atoms with Gasteiger partial charge in [-0.15, -0.1) is 5.10 Å². The maximum absolute atomic E-state index is 5.24.